The fourth-order valence-electron chi connectivity index (χ4n) is 3.34. The topological polar surface area (TPSA) is 61.1 Å². The molecule has 1 aliphatic rings. The van der Waals surface area contributed by atoms with Crippen LogP contribution < -0.4 is 9.47 Å². The van der Waals surface area contributed by atoms with Gasteiger partial charge in [0.2, 0.25) is 5.79 Å². The maximum Gasteiger partial charge on any atom is 0.239 e. The van der Waals surface area contributed by atoms with Gasteiger partial charge in [-0.3, -0.25) is 0 Å². The molecule has 0 aliphatic carbocycles. The van der Waals surface area contributed by atoms with Crippen molar-refractivity contribution in [2.45, 2.75) is 18.3 Å². The largest absolute Gasteiger partial charge is 0.496 e. The summed E-state index contributed by atoms with van der Waals surface area (Å²) in [5.74, 6) is 0.00446. The molecule has 5 nitrogen and oxygen atoms in total. The summed E-state index contributed by atoms with van der Waals surface area (Å²) in [6.07, 6.45) is 1.06. The number of rotatable bonds is 3. The summed E-state index contributed by atoms with van der Waals surface area (Å²) >= 11 is 0. The Morgan fingerprint density at radius 2 is 1.96 bits per heavy atom. The summed E-state index contributed by atoms with van der Waals surface area (Å²) in [5.41, 5.74) is 2.10. The summed E-state index contributed by atoms with van der Waals surface area (Å²) < 4.78 is 23.0. The van der Waals surface area contributed by atoms with Crippen LogP contribution in [-0.4, -0.2) is 19.3 Å². The van der Waals surface area contributed by atoms with Crippen LogP contribution >= 0.6 is 0 Å². The van der Waals surface area contributed by atoms with Crippen LogP contribution in [0.25, 0.3) is 11.0 Å². The van der Waals surface area contributed by atoms with E-state index in [1.54, 1.807) is 26.5 Å². The number of furan rings is 1. The van der Waals surface area contributed by atoms with E-state index >= 15 is 0 Å². The first kappa shape index (κ1) is 15.1. The van der Waals surface area contributed by atoms with Gasteiger partial charge in [-0.1, -0.05) is 30.3 Å². The van der Waals surface area contributed by atoms with Crippen molar-refractivity contribution in [3.63, 3.8) is 0 Å². The summed E-state index contributed by atoms with van der Waals surface area (Å²) in [4.78, 5) is 0. The van der Waals surface area contributed by atoms with Crippen molar-refractivity contribution in [3.05, 3.63) is 59.9 Å². The third-order valence-electron chi connectivity index (χ3n) is 4.54. The third-order valence-corrected chi connectivity index (χ3v) is 4.54. The van der Waals surface area contributed by atoms with Gasteiger partial charge in [0.15, 0.2) is 0 Å². The molecule has 4 rings (SSSR count). The second-order valence-electron chi connectivity index (χ2n) is 5.80. The molecule has 0 fully saturated rings. The van der Waals surface area contributed by atoms with E-state index in [0.29, 0.717) is 22.6 Å². The Hall–Kier alpha value is -2.50. The van der Waals surface area contributed by atoms with Gasteiger partial charge in [0.1, 0.15) is 17.1 Å². The molecule has 2 aromatic carbocycles. The molecule has 2 atom stereocenters. The van der Waals surface area contributed by atoms with E-state index in [4.69, 9.17) is 18.6 Å². The van der Waals surface area contributed by atoms with Crippen LogP contribution in [0.1, 0.15) is 23.7 Å². The first-order valence-electron chi connectivity index (χ1n) is 7.74. The highest BCUT2D eigenvalue weighted by molar-refractivity contribution is 5.88. The van der Waals surface area contributed by atoms with E-state index in [1.165, 1.54) is 0 Å². The zero-order valence-electron chi connectivity index (χ0n) is 13.5. The molecule has 0 spiro atoms. The lowest BCUT2D eigenvalue weighted by Crippen LogP contribution is -2.40. The zero-order valence-corrected chi connectivity index (χ0v) is 13.5. The lowest BCUT2D eigenvalue weighted by Gasteiger charge is -2.40. The lowest BCUT2D eigenvalue weighted by molar-refractivity contribution is -0.202. The smallest absolute Gasteiger partial charge is 0.239 e. The molecule has 0 saturated carbocycles. The van der Waals surface area contributed by atoms with Gasteiger partial charge in [-0.2, -0.15) is 0 Å². The van der Waals surface area contributed by atoms with E-state index in [2.05, 4.69) is 0 Å². The van der Waals surface area contributed by atoms with Crippen molar-refractivity contribution in [2.24, 2.45) is 0 Å². The van der Waals surface area contributed by atoms with Crippen LogP contribution in [0, 0.1) is 0 Å². The minimum atomic E-state index is -1.07. The van der Waals surface area contributed by atoms with E-state index in [0.717, 1.165) is 10.9 Å². The molecule has 24 heavy (non-hydrogen) atoms. The van der Waals surface area contributed by atoms with Gasteiger partial charge in [-0.25, -0.2) is 0 Å². The van der Waals surface area contributed by atoms with Gasteiger partial charge in [0.05, 0.1) is 30.4 Å². The zero-order chi connectivity index (χ0) is 16.7. The van der Waals surface area contributed by atoms with Crippen LogP contribution in [0.3, 0.4) is 0 Å². The summed E-state index contributed by atoms with van der Waals surface area (Å²) in [6, 6.07) is 13.2. The molecular weight excluding hydrogens is 308 g/mol. The van der Waals surface area contributed by atoms with Crippen LogP contribution in [0.15, 0.2) is 53.1 Å². The fourth-order valence-corrected chi connectivity index (χ4v) is 3.34. The number of fused-ring (bicyclic) bond motifs is 3. The molecule has 1 aromatic heterocycles. The highest BCUT2D eigenvalue weighted by Gasteiger charge is 2.44. The van der Waals surface area contributed by atoms with Crippen molar-refractivity contribution < 1.29 is 23.7 Å². The molecule has 0 saturated heterocycles. The number of benzene rings is 2. The summed E-state index contributed by atoms with van der Waals surface area (Å²) in [7, 11) is 3.14. The number of ether oxygens (including phenoxy) is 3. The first-order chi connectivity index (χ1) is 11.7. The van der Waals surface area contributed by atoms with E-state index < -0.39 is 11.9 Å². The monoisotopic (exact) mass is 326 g/mol. The Balaban J connectivity index is 1.94. The quantitative estimate of drug-likeness (QED) is 0.794. The van der Waals surface area contributed by atoms with Crippen molar-refractivity contribution in [3.8, 4) is 11.5 Å². The molecule has 124 valence electrons. The predicted molar refractivity (Wildman–Crippen MR) is 88.1 cm³/mol. The molecule has 0 amide bonds. The Kier molecular flexibility index (Phi) is 3.48. The third kappa shape index (κ3) is 2.09. The van der Waals surface area contributed by atoms with Crippen molar-refractivity contribution in [2.75, 3.05) is 14.2 Å². The number of hydrogen-bond acceptors (Lipinski definition) is 5. The van der Waals surface area contributed by atoms with Crippen LogP contribution in [-0.2, 0) is 10.5 Å². The average Bonchev–Trinajstić information content (AvgIpc) is 3.10. The molecule has 2 heterocycles. The van der Waals surface area contributed by atoms with Crippen molar-refractivity contribution in [1.82, 2.24) is 0 Å². The Labute approximate surface area is 139 Å². The van der Waals surface area contributed by atoms with Gasteiger partial charge >= 0.3 is 0 Å². The molecular formula is C19H18O5. The SMILES string of the molecule is COc1cc2occc2c2c1[C@H](O)C[C@@](OC)(c1ccccc1)O2. The van der Waals surface area contributed by atoms with Gasteiger partial charge in [-0.05, 0) is 6.07 Å². The lowest BCUT2D eigenvalue weighted by atomic mass is 9.90. The number of hydrogen-bond donors (Lipinski definition) is 1. The van der Waals surface area contributed by atoms with Crippen LogP contribution in [0.4, 0.5) is 0 Å². The average molecular weight is 326 g/mol. The number of aliphatic hydroxyl groups is 1. The normalized spacial score (nSPS) is 22.9. The van der Waals surface area contributed by atoms with Crippen LogP contribution in [0.5, 0.6) is 11.5 Å². The minimum absolute atomic E-state index is 0.264. The minimum Gasteiger partial charge on any atom is -0.496 e. The van der Waals surface area contributed by atoms with E-state index in [1.807, 2.05) is 36.4 Å². The maximum atomic E-state index is 10.8. The predicted octanol–water partition coefficient (Wildman–Crippen LogP) is 3.76. The highest BCUT2D eigenvalue weighted by Crippen LogP contribution is 2.51. The van der Waals surface area contributed by atoms with Crippen LogP contribution in [0.2, 0.25) is 0 Å². The summed E-state index contributed by atoms with van der Waals surface area (Å²) in [5, 5.41) is 11.6. The standard InChI is InChI=1S/C19H18O5/c1-21-16-10-15-13(8-9-23-15)18-17(16)14(20)11-19(22-2,24-18)12-6-4-3-5-7-12/h3-10,14,20H,11H2,1-2H3/t14-,19+/m1/s1. The number of methoxy groups -OCH3 is 2. The van der Waals surface area contributed by atoms with Gasteiger partial charge in [0.25, 0.3) is 0 Å². The molecule has 5 heteroatoms. The van der Waals surface area contributed by atoms with Crippen molar-refractivity contribution in [1.29, 1.82) is 0 Å². The molecule has 0 radical (unpaired) electrons. The van der Waals surface area contributed by atoms with Gasteiger partial charge < -0.3 is 23.7 Å². The molecule has 1 aliphatic heterocycles. The Morgan fingerprint density at radius 1 is 1.17 bits per heavy atom. The highest BCUT2D eigenvalue weighted by atomic mass is 16.7. The second kappa shape index (κ2) is 5.54. The van der Waals surface area contributed by atoms with Crippen molar-refractivity contribution >= 4 is 11.0 Å². The maximum absolute atomic E-state index is 10.8. The van der Waals surface area contributed by atoms with E-state index in [-0.39, 0.29) is 6.42 Å². The molecule has 3 aromatic rings. The van der Waals surface area contributed by atoms with Gasteiger partial charge in [0, 0.05) is 25.2 Å². The molecule has 0 unspecified atom stereocenters. The van der Waals surface area contributed by atoms with E-state index in [9.17, 15) is 5.11 Å². The fraction of sp³-hybridized carbons (Fsp3) is 0.263. The Bertz CT molecular complexity index is 870. The Morgan fingerprint density at radius 3 is 2.67 bits per heavy atom. The molecule has 1 N–H and O–H groups in total. The van der Waals surface area contributed by atoms with Gasteiger partial charge in [-0.15, -0.1) is 0 Å². The number of aliphatic hydroxyl groups excluding tert-OH is 1. The molecule has 0 bridgehead atoms. The summed E-state index contributed by atoms with van der Waals surface area (Å²) in [6.45, 7) is 0. The second-order valence-corrected chi connectivity index (χ2v) is 5.80. The first-order valence-corrected chi connectivity index (χ1v) is 7.74.